The standard InChI is InChI=1S/C21H27N3O4S/c1-12-18(21(27)28-5)13(2)22-19(12)20(26)14(3)24(4)11-17(25)23-15-9-7-8-10-16(15)29-6/h7-10,14,22H,11H2,1-6H3,(H,23,25)/p+1/t14-/m0/s1. The van der Waals surface area contributed by atoms with Crippen LogP contribution in [0.2, 0.25) is 0 Å². The minimum Gasteiger partial charge on any atom is -0.465 e. The Kier molecular flexibility index (Phi) is 7.64. The van der Waals surface area contributed by atoms with E-state index in [1.807, 2.05) is 30.5 Å². The summed E-state index contributed by atoms with van der Waals surface area (Å²) in [7, 11) is 3.11. The number of amides is 1. The summed E-state index contributed by atoms with van der Waals surface area (Å²) in [5.74, 6) is -0.802. The number of ketones is 1. The number of methoxy groups -OCH3 is 1. The Morgan fingerprint density at radius 1 is 1.24 bits per heavy atom. The first-order chi connectivity index (χ1) is 13.7. The van der Waals surface area contributed by atoms with E-state index in [2.05, 4.69) is 10.3 Å². The number of ether oxygens (including phenoxy) is 1. The van der Waals surface area contributed by atoms with Crippen molar-refractivity contribution in [2.24, 2.45) is 0 Å². The minimum absolute atomic E-state index is 0.137. The Bertz CT molecular complexity index is 923. The molecular weight excluding hydrogens is 390 g/mol. The van der Waals surface area contributed by atoms with Crippen LogP contribution in [-0.4, -0.2) is 55.6 Å². The Morgan fingerprint density at radius 2 is 1.90 bits per heavy atom. The Hall–Kier alpha value is -2.58. The zero-order valence-electron chi connectivity index (χ0n) is 17.6. The first-order valence-electron chi connectivity index (χ1n) is 9.28. The van der Waals surface area contributed by atoms with Gasteiger partial charge in [0.2, 0.25) is 5.78 Å². The Morgan fingerprint density at radius 3 is 2.52 bits per heavy atom. The van der Waals surface area contributed by atoms with Crippen molar-refractivity contribution in [3.05, 3.63) is 46.8 Å². The molecule has 1 unspecified atom stereocenters. The number of carbonyl (C=O) groups is 3. The molecule has 156 valence electrons. The first-order valence-corrected chi connectivity index (χ1v) is 10.5. The van der Waals surface area contributed by atoms with E-state index in [1.165, 1.54) is 7.11 Å². The number of aryl methyl sites for hydroxylation is 1. The molecule has 2 aromatic rings. The average Bonchev–Trinajstić information content (AvgIpc) is 3.00. The van der Waals surface area contributed by atoms with Crippen molar-refractivity contribution >= 4 is 35.1 Å². The average molecular weight is 419 g/mol. The fourth-order valence-electron chi connectivity index (χ4n) is 3.19. The van der Waals surface area contributed by atoms with Gasteiger partial charge in [-0.05, 0) is 44.7 Å². The molecule has 0 aliphatic rings. The van der Waals surface area contributed by atoms with Gasteiger partial charge in [-0.1, -0.05) is 12.1 Å². The van der Waals surface area contributed by atoms with Crippen LogP contribution in [0.4, 0.5) is 5.69 Å². The van der Waals surface area contributed by atoms with Crippen molar-refractivity contribution in [3.8, 4) is 0 Å². The van der Waals surface area contributed by atoms with Crippen molar-refractivity contribution in [1.82, 2.24) is 4.98 Å². The molecule has 0 saturated heterocycles. The second-order valence-electron chi connectivity index (χ2n) is 6.97. The third kappa shape index (κ3) is 5.07. The number of aromatic nitrogens is 1. The van der Waals surface area contributed by atoms with Crippen molar-refractivity contribution in [3.63, 3.8) is 0 Å². The highest BCUT2D eigenvalue weighted by atomic mass is 32.2. The Balaban J connectivity index is 2.10. The van der Waals surface area contributed by atoms with Crippen molar-refractivity contribution < 1.29 is 24.0 Å². The smallest absolute Gasteiger partial charge is 0.339 e. The summed E-state index contributed by atoms with van der Waals surface area (Å²) < 4.78 is 4.80. The highest BCUT2D eigenvalue weighted by Gasteiger charge is 2.30. The van der Waals surface area contributed by atoms with Crippen LogP contribution in [0, 0.1) is 13.8 Å². The van der Waals surface area contributed by atoms with Gasteiger partial charge in [-0.3, -0.25) is 9.59 Å². The number of rotatable bonds is 8. The van der Waals surface area contributed by atoms with Crippen molar-refractivity contribution in [2.45, 2.75) is 31.7 Å². The lowest BCUT2D eigenvalue weighted by Gasteiger charge is -2.20. The molecule has 29 heavy (non-hydrogen) atoms. The second-order valence-corrected chi connectivity index (χ2v) is 7.82. The van der Waals surface area contributed by atoms with E-state index in [9.17, 15) is 14.4 Å². The van der Waals surface area contributed by atoms with E-state index < -0.39 is 12.0 Å². The van der Waals surface area contributed by atoms with Crippen LogP contribution in [0.25, 0.3) is 0 Å². The fourth-order valence-corrected chi connectivity index (χ4v) is 3.75. The summed E-state index contributed by atoms with van der Waals surface area (Å²) in [5, 5.41) is 2.91. The SMILES string of the molecule is COC(=O)c1c(C)[nH]c(C(=O)[C@H](C)[NH+](C)CC(=O)Nc2ccccc2SC)c1C. The number of likely N-dealkylation sites (N-methyl/N-ethyl adjacent to an activating group) is 1. The number of para-hydroxylation sites is 1. The van der Waals surface area contributed by atoms with E-state index in [0.29, 0.717) is 22.5 Å². The van der Waals surface area contributed by atoms with E-state index in [0.717, 1.165) is 15.5 Å². The number of thioether (sulfide) groups is 1. The van der Waals surface area contributed by atoms with Gasteiger partial charge in [0.1, 0.15) is 0 Å². The fraction of sp³-hybridized carbons (Fsp3) is 0.381. The molecule has 7 nitrogen and oxygen atoms in total. The summed E-state index contributed by atoms with van der Waals surface area (Å²) in [5.41, 5.74) is 2.68. The van der Waals surface area contributed by atoms with E-state index in [4.69, 9.17) is 4.74 Å². The van der Waals surface area contributed by atoms with Crippen LogP contribution in [0.5, 0.6) is 0 Å². The lowest BCUT2D eigenvalue weighted by molar-refractivity contribution is -0.885. The number of hydrogen-bond acceptors (Lipinski definition) is 5. The maximum absolute atomic E-state index is 13.0. The largest absolute Gasteiger partial charge is 0.465 e. The number of nitrogens with one attached hydrogen (secondary N) is 3. The zero-order valence-corrected chi connectivity index (χ0v) is 18.5. The number of carbonyl (C=O) groups excluding carboxylic acids is 3. The summed E-state index contributed by atoms with van der Waals surface area (Å²) in [6, 6.07) is 7.11. The van der Waals surface area contributed by atoms with Gasteiger partial charge in [0.15, 0.2) is 12.6 Å². The van der Waals surface area contributed by atoms with Gasteiger partial charge in [-0.15, -0.1) is 11.8 Å². The molecule has 3 N–H and O–H groups in total. The number of benzene rings is 1. The van der Waals surface area contributed by atoms with Gasteiger partial charge in [0, 0.05) is 10.6 Å². The van der Waals surface area contributed by atoms with Crippen LogP contribution >= 0.6 is 11.8 Å². The zero-order chi connectivity index (χ0) is 21.7. The predicted octanol–water partition coefficient (Wildman–Crippen LogP) is 1.86. The molecule has 2 atom stereocenters. The van der Waals surface area contributed by atoms with Crippen LogP contribution in [0.1, 0.15) is 39.0 Å². The quantitative estimate of drug-likeness (QED) is 0.346. The molecule has 2 rings (SSSR count). The number of quaternary nitrogens is 1. The number of esters is 1. The molecule has 8 heteroatoms. The summed E-state index contributed by atoms with van der Waals surface area (Å²) in [6.07, 6.45) is 1.95. The molecule has 1 aromatic carbocycles. The normalized spacial score (nSPS) is 12.9. The molecular formula is C21H28N3O4S+. The first kappa shape index (κ1) is 22.7. The van der Waals surface area contributed by atoms with Gasteiger partial charge >= 0.3 is 5.97 Å². The van der Waals surface area contributed by atoms with Gasteiger partial charge in [-0.25, -0.2) is 4.79 Å². The monoisotopic (exact) mass is 418 g/mol. The molecule has 1 amide bonds. The lowest BCUT2D eigenvalue weighted by Crippen LogP contribution is -3.14. The van der Waals surface area contributed by atoms with Crippen LogP contribution < -0.4 is 10.2 Å². The summed E-state index contributed by atoms with van der Waals surface area (Å²) >= 11 is 1.56. The molecule has 1 heterocycles. The molecule has 0 bridgehead atoms. The topological polar surface area (TPSA) is 92.7 Å². The van der Waals surface area contributed by atoms with Gasteiger partial charge in [0.25, 0.3) is 5.91 Å². The maximum atomic E-state index is 13.0. The molecule has 0 radical (unpaired) electrons. The van der Waals surface area contributed by atoms with Gasteiger partial charge < -0.3 is 19.9 Å². The number of aromatic amines is 1. The van der Waals surface area contributed by atoms with Crippen molar-refractivity contribution in [1.29, 1.82) is 0 Å². The minimum atomic E-state index is -0.476. The van der Waals surface area contributed by atoms with Crippen LogP contribution in [0.3, 0.4) is 0 Å². The second kappa shape index (κ2) is 9.76. The Labute approximate surface area is 175 Å². The van der Waals surface area contributed by atoms with Crippen LogP contribution in [0.15, 0.2) is 29.2 Å². The highest BCUT2D eigenvalue weighted by molar-refractivity contribution is 7.98. The number of Topliss-reactive ketones (excluding diaryl/α,β-unsaturated/α-hetero) is 1. The molecule has 0 saturated carbocycles. The van der Waals surface area contributed by atoms with E-state index in [-0.39, 0.29) is 18.2 Å². The number of H-pyrrole nitrogens is 1. The molecule has 1 aromatic heterocycles. The summed E-state index contributed by atoms with van der Waals surface area (Å²) in [6.45, 7) is 5.36. The summed E-state index contributed by atoms with van der Waals surface area (Å²) in [4.78, 5) is 42.2. The molecule has 0 spiro atoms. The molecule has 0 fully saturated rings. The third-order valence-corrected chi connectivity index (χ3v) is 5.82. The highest BCUT2D eigenvalue weighted by Crippen LogP contribution is 2.24. The third-order valence-electron chi connectivity index (χ3n) is 5.03. The van der Waals surface area contributed by atoms with E-state index >= 15 is 0 Å². The molecule has 0 aliphatic carbocycles. The van der Waals surface area contributed by atoms with E-state index in [1.54, 1.807) is 39.6 Å². The van der Waals surface area contributed by atoms with Crippen LogP contribution in [-0.2, 0) is 9.53 Å². The number of hydrogen-bond donors (Lipinski definition) is 3. The van der Waals surface area contributed by atoms with Gasteiger partial charge in [0.05, 0.1) is 31.1 Å². The maximum Gasteiger partial charge on any atom is 0.339 e. The predicted molar refractivity (Wildman–Crippen MR) is 114 cm³/mol. The van der Waals surface area contributed by atoms with Crippen molar-refractivity contribution in [2.75, 3.05) is 32.3 Å². The lowest BCUT2D eigenvalue weighted by atomic mass is 10.0. The van der Waals surface area contributed by atoms with Gasteiger partial charge in [-0.2, -0.15) is 0 Å². The molecule has 0 aliphatic heterocycles. The number of anilines is 1.